The van der Waals surface area contributed by atoms with Crippen LogP contribution in [0.5, 0.6) is 0 Å². The maximum absolute atomic E-state index is 5.74. The van der Waals surface area contributed by atoms with Crippen LogP contribution in [0.3, 0.4) is 0 Å². The van der Waals surface area contributed by atoms with Gasteiger partial charge in [0.1, 0.15) is 6.10 Å². The van der Waals surface area contributed by atoms with Crippen LogP contribution in [0, 0.1) is 0 Å². The lowest BCUT2D eigenvalue weighted by atomic mass is 10.3. The van der Waals surface area contributed by atoms with E-state index in [-0.39, 0.29) is 6.10 Å². The number of nitrogens with zero attached hydrogens (tertiary/aromatic N) is 1. The Hall–Kier alpha value is -1.17. The molecule has 2 heterocycles. The van der Waals surface area contributed by atoms with Gasteiger partial charge in [-0.2, -0.15) is 0 Å². The van der Waals surface area contributed by atoms with Crippen molar-refractivity contribution >= 4 is 26.7 Å². The largest absolute Gasteiger partial charge is 0.359 e. The second kappa shape index (κ2) is 4.50. The number of rotatable bonds is 3. The van der Waals surface area contributed by atoms with Crippen LogP contribution < -0.4 is 5.32 Å². The van der Waals surface area contributed by atoms with Crippen molar-refractivity contribution in [3.63, 3.8) is 0 Å². The van der Waals surface area contributed by atoms with Crippen LogP contribution in [0.25, 0.3) is 10.2 Å². The molecule has 0 bridgehead atoms. The van der Waals surface area contributed by atoms with Gasteiger partial charge in [0.15, 0.2) is 10.9 Å². The van der Waals surface area contributed by atoms with Gasteiger partial charge >= 0.3 is 0 Å². The molecule has 1 unspecified atom stereocenters. The number of benzene rings is 1. The lowest BCUT2D eigenvalue weighted by Gasteiger charge is -2.17. The lowest BCUT2D eigenvalue weighted by Crippen LogP contribution is -2.25. The van der Waals surface area contributed by atoms with Gasteiger partial charge in [-0.3, -0.25) is 0 Å². The second-order valence-electron chi connectivity index (χ2n) is 4.82. The smallest absolute Gasteiger partial charge is 0.183 e. The van der Waals surface area contributed by atoms with Crippen molar-refractivity contribution in [2.24, 2.45) is 0 Å². The molecule has 3 rings (SSSR count). The molecule has 0 amide bonds. The number of fused-ring (bicyclic) bond motifs is 1. The monoisotopic (exact) mass is 264 g/mol. The van der Waals surface area contributed by atoms with Crippen LogP contribution in [0.15, 0.2) is 24.3 Å². The van der Waals surface area contributed by atoms with Gasteiger partial charge in [0.05, 0.1) is 16.8 Å². The predicted octanol–water partition coefficient (Wildman–Crippen LogP) is 2.86. The van der Waals surface area contributed by atoms with Gasteiger partial charge in [-0.25, -0.2) is 4.98 Å². The molecule has 5 heteroatoms. The van der Waals surface area contributed by atoms with Crippen LogP contribution in [0.2, 0.25) is 0 Å². The average molecular weight is 264 g/mol. The van der Waals surface area contributed by atoms with E-state index >= 15 is 0 Å². The zero-order valence-electron chi connectivity index (χ0n) is 10.5. The van der Waals surface area contributed by atoms with Crippen molar-refractivity contribution in [1.82, 2.24) is 4.98 Å². The number of hydrogen-bond donors (Lipinski definition) is 1. The highest BCUT2D eigenvalue weighted by atomic mass is 32.1. The standard InChI is InChI=1S/C13H16N2O2S/c1-13(2)16-8-9(17-13)7-14-12-15-10-5-3-4-6-11(10)18-12/h3-6,9H,7-8H2,1-2H3,(H,14,15). The zero-order chi connectivity index (χ0) is 12.6. The van der Waals surface area contributed by atoms with E-state index in [0.29, 0.717) is 6.61 Å². The fraction of sp³-hybridized carbons (Fsp3) is 0.462. The molecule has 18 heavy (non-hydrogen) atoms. The van der Waals surface area contributed by atoms with Crippen LogP contribution >= 0.6 is 11.3 Å². The van der Waals surface area contributed by atoms with E-state index in [1.807, 2.05) is 32.0 Å². The summed E-state index contributed by atoms with van der Waals surface area (Å²) in [5, 5.41) is 4.25. The van der Waals surface area contributed by atoms with E-state index in [2.05, 4.69) is 16.4 Å². The Bertz CT molecular complexity index is 520. The van der Waals surface area contributed by atoms with Gasteiger partial charge in [-0.15, -0.1) is 0 Å². The van der Waals surface area contributed by atoms with E-state index in [1.54, 1.807) is 11.3 Å². The zero-order valence-corrected chi connectivity index (χ0v) is 11.3. The van der Waals surface area contributed by atoms with Gasteiger partial charge < -0.3 is 14.8 Å². The van der Waals surface area contributed by atoms with Crippen molar-refractivity contribution < 1.29 is 9.47 Å². The molecule has 1 aromatic carbocycles. The minimum atomic E-state index is -0.458. The summed E-state index contributed by atoms with van der Waals surface area (Å²) in [6.07, 6.45) is 0.0898. The van der Waals surface area contributed by atoms with E-state index in [1.165, 1.54) is 4.70 Å². The van der Waals surface area contributed by atoms with Crippen molar-refractivity contribution in [1.29, 1.82) is 0 Å². The van der Waals surface area contributed by atoms with Gasteiger partial charge in [0, 0.05) is 6.54 Å². The molecule has 1 aliphatic rings. The third kappa shape index (κ3) is 2.48. The predicted molar refractivity (Wildman–Crippen MR) is 73.0 cm³/mol. The number of ether oxygens (including phenoxy) is 2. The summed E-state index contributed by atoms with van der Waals surface area (Å²) in [4.78, 5) is 4.52. The maximum atomic E-state index is 5.74. The maximum Gasteiger partial charge on any atom is 0.183 e. The summed E-state index contributed by atoms with van der Waals surface area (Å²) in [5.41, 5.74) is 1.04. The number of anilines is 1. The molecule has 96 valence electrons. The summed E-state index contributed by atoms with van der Waals surface area (Å²) in [6, 6.07) is 8.13. The molecule has 2 aromatic rings. The summed E-state index contributed by atoms with van der Waals surface area (Å²) in [7, 11) is 0. The number of nitrogens with one attached hydrogen (secondary N) is 1. The van der Waals surface area contributed by atoms with Crippen molar-refractivity contribution in [2.75, 3.05) is 18.5 Å². The quantitative estimate of drug-likeness (QED) is 0.925. The first kappa shape index (κ1) is 11.9. The number of para-hydroxylation sites is 1. The molecule has 1 aliphatic heterocycles. The summed E-state index contributed by atoms with van der Waals surface area (Å²) in [5.74, 6) is -0.458. The van der Waals surface area contributed by atoms with E-state index in [9.17, 15) is 0 Å². The fourth-order valence-corrected chi connectivity index (χ4v) is 2.89. The van der Waals surface area contributed by atoms with Crippen LogP contribution in [0.1, 0.15) is 13.8 Å². The highest BCUT2D eigenvalue weighted by Gasteiger charge is 2.32. The number of aromatic nitrogens is 1. The minimum Gasteiger partial charge on any atom is -0.359 e. The van der Waals surface area contributed by atoms with Crippen molar-refractivity contribution in [3.8, 4) is 0 Å². The minimum absolute atomic E-state index is 0.0898. The second-order valence-corrected chi connectivity index (χ2v) is 5.85. The Kier molecular flexibility index (Phi) is 2.97. The molecule has 1 fully saturated rings. The first-order valence-corrected chi connectivity index (χ1v) is 6.85. The molecular weight excluding hydrogens is 248 g/mol. The fourth-order valence-electron chi connectivity index (χ4n) is 2.01. The third-order valence-electron chi connectivity index (χ3n) is 2.84. The van der Waals surface area contributed by atoms with Crippen LogP contribution in [-0.2, 0) is 9.47 Å². The summed E-state index contributed by atoms with van der Waals surface area (Å²) in [6.45, 7) is 5.23. The van der Waals surface area contributed by atoms with E-state index in [0.717, 1.165) is 17.2 Å². The van der Waals surface area contributed by atoms with Crippen molar-refractivity contribution in [3.05, 3.63) is 24.3 Å². The van der Waals surface area contributed by atoms with E-state index < -0.39 is 5.79 Å². The van der Waals surface area contributed by atoms with Gasteiger partial charge in [0.25, 0.3) is 0 Å². The first-order chi connectivity index (χ1) is 8.62. The molecule has 1 saturated heterocycles. The number of thiazole rings is 1. The van der Waals surface area contributed by atoms with Crippen LogP contribution in [0.4, 0.5) is 5.13 Å². The molecule has 0 aliphatic carbocycles. The molecule has 1 aromatic heterocycles. The molecule has 0 radical (unpaired) electrons. The topological polar surface area (TPSA) is 43.4 Å². The average Bonchev–Trinajstić information content (AvgIpc) is 2.89. The molecule has 0 spiro atoms. The Morgan fingerprint density at radius 2 is 2.28 bits per heavy atom. The molecular formula is C13H16N2O2S. The van der Waals surface area contributed by atoms with Gasteiger partial charge in [-0.05, 0) is 26.0 Å². The molecule has 1 N–H and O–H groups in total. The molecule has 4 nitrogen and oxygen atoms in total. The Labute approximate surface area is 110 Å². The highest BCUT2D eigenvalue weighted by Crippen LogP contribution is 2.26. The van der Waals surface area contributed by atoms with E-state index in [4.69, 9.17) is 9.47 Å². The molecule has 1 atom stereocenters. The van der Waals surface area contributed by atoms with Crippen molar-refractivity contribution in [2.45, 2.75) is 25.7 Å². The Morgan fingerprint density at radius 3 is 3.00 bits per heavy atom. The Balaban J connectivity index is 1.63. The highest BCUT2D eigenvalue weighted by molar-refractivity contribution is 7.22. The van der Waals surface area contributed by atoms with Gasteiger partial charge in [0.2, 0.25) is 0 Å². The molecule has 0 saturated carbocycles. The normalized spacial score (nSPS) is 22.4. The van der Waals surface area contributed by atoms with Crippen LogP contribution in [-0.4, -0.2) is 30.0 Å². The third-order valence-corrected chi connectivity index (χ3v) is 3.84. The summed E-state index contributed by atoms with van der Waals surface area (Å²) < 4.78 is 12.5. The summed E-state index contributed by atoms with van der Waals surface area (Å²) >= 11 is 1.66. The SMILES string of the molecule is CC1(C)OCC(CNc2nc3ccccc3s2)O1. The number of hydrogen-bond acceptors (Lipinski definition) is 5. The van der Waals surface area contributed by atoms with Gasteiger partial charge in [-0.1, -0.05) is 23.5 Å². The lowest BCUT2D eigenvalue weighted by molar-refractivity contribution is -0.136. The Morgan fingerprint density at radius 1 is 1.44 bits per heavy atom. The first-order valence-electron chi connectivity index (χ1n) is 6.04.